The number of nitrogens with two attached hydrogens (primary N) is 1. The number of hydrogen-bond donors (Lipinski definition) is 1. The van der Waals surface area contributed by atoms with Gasteiger partial charge in [-0.25, -0.2) is 0 Å². The molecule has 35 heavy (non-hydrogen) atoms. The van der Waals surface area contributed by atoms with E-state index in [2.05, 4.69) is 6.07 Å². The van der Waals surface area contributed by atoms with Crippen LogP contribution >= 0.6 is 0 Å². The van der Waals surface area contributed by atoms with Gasteiger partial charge in [0.15, 0.2) is 0 Å². The molecule has 1 unspecified atom stereocenters. The maximum absolute atomic E-state index is 13.3. The maximum atomic E-state index is 13.3. The summed E-state index contributed by atoms with van der Waals surface area (Å²) in [5.41, 5.74) is 2.68. The number of carbonyl (C=O) groups is 2. The second-order valence-corrected chi connectivity index (χ2v) is 9.63. The lowest BCUT2D eigenvalue weighted by molar-refractivity contribution is -0.143. The van der Waals surface area contributed by atoms with Crippen molar-refractivity contribution in [3.8, 4) is 6.07 Å². The van der Waals surface area contributed by atoms with Crippen molar-refractivity contribution in [3.63, 3.8) is 0 Å². The molecule has 1 aliphatic carbocycles. The van der Waals surface area contributed by atoms with Gasteiger partial charge in [0.1, 0.15) is 6.04 Å². The number of nitrogens with zero attached hydrogens (tertiary/aromatic N) is 4. The van der Waals surface area contributed by atoms with Crippen molar-refractivity contribution in [2.45, 2.75) is 61.8 Å². The molecule has 188 valence electrons. The first-order chi connectivity index (χ1) is 16.3. The second-order valence-electron chi connectivity index (χ2n) is 9.63. The van der Waals surface area contributed by atoms with E-state index in [4.69, 9.17) is 5.73 Å². The summed E-state index contributed by atoms with van der Waals surface area (Å²) in [4.78, 5) is 30.0. The van der Waals surface area contributed by atoms with Crippen molar-refractivity contribution in [2.24, 2.45) is 11.7 Å². The molecule has 2 amide bonds. The average molecular weight is 501 g/mol. The van der Waals surface area contributed by atoms with Crippen LogP contribution in [0.25, 0.3) is 0 Å². The standard InChI is InChI=1S/C22H21F6N5O2/c23-21(24,25)11-3-12(22(26,27)28)5-13(4-11)32-15-6-18(20(32)35)31(8-15)9-16(30)19(34)33-14(7-29)1-10-2-17(10)33/h3-5,10,14-18H,1-2,6,8-9,30H2/t10-,14+,15-,16+,17?,18-/m1/s1. The lowest BCUT2D eigenvalue weighted by Crippen LogP contribution is -2.57. The highest BCUT2D eigenvalue weighted by molar-refractivity contribution is 6.01. The number of nitriles is 1. The molecule has 7 nitrogen and oxygen atoms in total. The zero-order valence-corrected chi connectivity index (χ0v) is 18.2. The Balaban J connectivity index is 1.32. The molecule has 3 aliphatic heterocycles. The van der Waals surface area contributed by atoms with Gasteiger partial charge in [-0.15, -0.1) is 0 Å². The first-order valence-electron chi connectivity index (χ1n) is 11.1. The summed E-state index contributed by atoms with van der Waals surface area (Å²) < 4.78 is 79.5. The molecule has 1 saturated carbocycles. The van der Waals surface area contributed by atoms with Gasteiger partial charge in [-0.2, -0.15) is 31.6 Å². The lowest BCUT2D eigenvalue weighted by atomic mass is 10.1. The predicted molar refractivity (Wildman–Crippen MR) is 108 cm³/mol. The number of rotatable bonds is 4. The third kappa shape index (κ3) is 4.02. The van der Waals surface area contributed by atoms with Crippen LogP contribution in [0.15, 0.2) is 18.2 Å². The van der Waals surface area contributed by atoms with Crippen LogP contribution in [0.5, 0.6) is 0 Å². The van der Waals surface area contributed by atoms with Crippen LogP contribution in [0, 0.1) is 17.2 Å². The van der Waals surface area contributed by atoms with Gasteiger partial charge in [0.05, 0.1) is 35.3 Å². The molecule has 3 heterocycles. The first-order valence-corrected chi connectivity index (χ1v) is 11.1. The van der Waals surface area contributed by atoms with Crippen molar-refractivity contribution in [1.29, 1.82) is 5.26 Å². The smallest absolute Gasteiger partial charge is 0.322 e. The van der Waals surface area contributed by atoms with Crippen molar-refractivity contribution in [2.75, 3.05) is 18.0 Å². The van der Waals surface area contributed by atoms with E-state index in [1.165, 1.54) is 4.90 Å². The largest absolute Gasteiger partial charge is 0.416 e. The fourth-order valence-corrected chi connectivity index (χ4v) is 5.69. The molecule has 1 aromatic carbocycles. The molecule has 0 spiro atoms. The van der Waals surface area contributed by atoms with Crippen LogP contribution in [0.2, 0.25) is 0 Å². The van der Waals surface area contributed by atoms with E-state index in [9.17, 15) is 41.2 Å². The van der Waals surface area contributed by atoms with Gasteiger partial charge in [0.2, 0.25) is 11.8 Å². The Morgan fingerprint density at radius 3 is 2.26 bits per heavy atom. The number of likely N-dealkylation sites (tertiary alicyclic amines) is 2. The molecule has 0 aromatic heterocycles. The minimum absolute atomic E-state index is 0.00199. The number of halogens is 6. The molecule has 3 saturated heterocycles. The van der Waals surface area contributed by atoms with E-state index in [1.807, 2.05) is 0 Å². The number of benzene rings is 1. The molecule has 5 rings (SSSR count). The maximum Gasteiger partial charge on any atom is 0.416 e. The fraction of sp³-hybridized carbons (Fsp3) is 0.591. The van der Waals surface area contributed by atoms with E-state index in [1.54, 1.807) is 4.90 Å². The number of anilines is 1. The van der Waals surface area contributed by atoms with Crippen LogP contribution < -0.4 is 10.6 Å². The van der Waals surface area contributed by atoms with Crippen LogP contribution in [0.1, 0.15) is 30.4 Å². The Morgan fingerprint density at radius 2 is 1.71 bits per heavy atom. The zero-order valence-electron chi connectivity index (χ0n) is 18.2. The van der Waals surface area contributed by atoms with E-state index in [-0.39, 0.29) is 37.5 Å². The number of carbonyl (C=O) groups excluding carboxylic acids is 2. The number of piperidine rings is 1. The molecule has 0 radical (unpaired) electrons. The number of alkyl halides is 6. The molecule has 2 N–H and O–H groups in total. The molecule has 2 bridgehead atoms. The van der Waals surface area contributed by atoms with Gasteiger partial charge < -0.3 is 15.5 Å². The van der Waals surface area contributed by atoms with Crippen molar-refractivity contribution in [3.05, 3.63) is 29.3 Å². The van der Waals surface area contributed by atoms with Crippen molar-refractivity contribution < 1.29 is 35.9 Å². The minimum atomic E-state index is -5.02. The predicted octanol–water partition coefficient (Wildman–Crippen LogP) is 2.35. The van der Waals surface area contributed by atoms with Gasteiger partial charge in [0.25, 0.3) is 0 Å². The van der Waals surface area contributed by atoms with E-state index in [0.717, 1.165) is 11.3 Å². The summed E-state index contributed by atoms with van der Waals surface area (Å²) in [7, 11) is 0. The molecule has 4 aliphatic rings. The summed E-state index contributed by atoms with van der Waals surface area (Å²) >= 11 is 0. The summed E-state index contributed by atoms with van der Waals surface area (Å²) in [6.45, 7) is 0.157. The van der Waals surface area contributed by atoms with Crippen LogP contribution in [-0.4, -0.2) is 64.9 Å². The van der Waals surface area contributed by atoms with Gasteiger partial charge in [-0.3, -0.25) is 14.5 Å². The highest BCUT2D eigenvalue weighted by Crippen LogP contribution is 2.48. The number of fused-ring (bicyclic) bond motifs is 3. The van der Waals surface area contributed by atoms with Gasteiger partial charge in [-0.05, 0) is 43.4 Å². The Hall–Kier alpha value is -2.85. The van der Waals surface area contributed by atoms with Crippen LogP contribution in [0.3, 0.4) is 0 Å². The lowest BCUT2D eigenvalue weighted by Gasteiger charge is -2.36. The molecular weight excluding hydrogens is 480 g/mol. The summed E-state index contributed by atoms with van der Waals surface area (Å²) in [6.07, 6.45) is -8.40. The molecule has 13 heteroatoms. The Morgan fingerprint density at radius 1 is 1.09 bits per heavy atom. The quantitative estimate of drug-likeness (QED) is 0.640. The summed E-state index contributed by atoms with van der Waals surface area (Å²) in [5.74, 6) is -0.712. The zero-order chi connectivity index (χ0) is 25.4. The fourth-order valence-electron chi connectivity index (χ4n) is 5.69. The van der Waals surface area contributed by atoms with Gasteiger partial charge in [-0.1, -0.05) is 0 Å². The molecular formula is C22H21F6N5O2. The first kappa shape index (κ1) is 23.9. The third-order valence-corrected chi connectivity index (χ3v) is 7.38. The van der Waals surface area contributed by atoms with Crippen molar-refractivity contribution >= 4 is 17.5 Å². The number of piperazine rings is 1. The third-order valence-electron chi connectivity index (χ3n) is 7.38. The normalized spacial score (nSPS) is 31.0. The second kappa shape index (κ2) is 7.83. The molecule has 6 atom stereocenters. The Kier molecular flexibility index (Phi) is 5.34. The molecule has 1 aromatic rings. The van der Waals surface area contributed by atoms with E-state index >= 15 is 0 Å². The van der Waals surface area contributed by atoms with Gasteiger partial charge in [0, 0.05) is 24.8 Å². The Bertz CT molecular complexity index is 1080. The van der Waals surface area contributed by atoms with E-state index in [0.29, 0.717) is 24.5 Å². The SMILES string of the molecule is N#C[C@@H]1C[C@@H]2CC2N1C(=O)[C@@H](N)CN1C[C@H]2C[C@@H]1C(=O)N2c1cc(C(F)(F)F)cc(C(F)(F)F)c1. The van der Waals surface area contributed by atoms with Gasteiger partial charge >= 0.3 is 12.4 Å². The van der Waals surface area contributed by atoms with Crippen LogP contribution in [0.4, 0.5) is 32.0 Å². The summed E-state index contributed by atoms with van der Waals surface area (Å²) in [5, 5.41) is 9.30. The summed E-state index contributed by atoms with van der Waals surface area (Å²) in [6, 6.07) is 0.252. The molecule has 4 fully saturated rings. The highest BCUT2D eigenvalue weighted by atomic mass is 19.4. The van der Waals surface area contributed by atoms with E-state index < -0.39 is 59.2 Å². The topological polar surface area (TPSA) is 93.7 Å². The average Bonchev–Trinajstić information content (AvgIpc) is 3.10. The number of hydrogen-bond acceptors (Lipinski definition) is 5. The number of amides is 2. The van der Waals surface area contributed by atoms with Crippen LogP contribution in [-0.2, 0) is 21.9 Å². The highest BCUT2D eigenvalue weighted by Gasteiger charge is 2.56. The monoisotopic (exact) mass is 501 g/mol. The van der Waals surface area contributed by atoms with Crippen molar-refractivity contribution in [1.82, 2.24) is 9.80 Å². The minimum Gasteiger partial charge on any atom is -0.322 e. The Labute approximate surface area is 196 Å².